The van der Waals surface area contributed by atoms with Crippen molar-refractivity contribution >= 4 is 23.6 Å². The zero-order valence-electron chi connectivity index (χ0n) is 23.3. The van der Waals surface area contributed by atoms with Gasteiger partial charge in [-0.15, -0.1) is 0 Å². The van der Waals surface area contributed by atoms with Crippen LogP contribution in [0.2, 0.25) is 0 Å². The summed E-state index contributed by atoms with van der Waals surface area (Å²) in [7, 11) is 0. The predicted molar refractivity (Wildman–Crippen MR) is 149 cm³/mol. The maximum absolute atomic E-state index is 13.4. The number of hydrogen-bond acceptors (Lipinski definition) is 6. The molecule has 2 unspecified atom stereocenters. The van der Waals surface area contributed by atoms with Gasteiger partial charge in [-0.2, -0.15) is 0 Å². The van der Waals surface area contributed by atoms with Crippen molar-refractivity contribution in [1.82, 2.24) is 25.8 Å². The largest absolute Gasteiger partial charge is 0.494 e. The van der Waals surface area contributed by atoms with Gasteiger partial charge in [0.25, 0.3) is 0 Å². The highest BCUT2D eigenvalue weighted by atomic mass is 16.5. The van der Waals surface area contributed by atoms with Gasteiger partial charge in [-0.05, 0) is 79.8 Å². The highest BCUT2D eigenvalue weighted by molar-refractivity contribution is 5.94. The van der Waals surface area contributed by atoms with Crippen molar-refractivity contribution in [2.45, 2.75) is 71.0 Å². The van der Waals surface area contributed by atoms with Gasteiger partial charge in [0.05, 0.1) is 13.0 Å². The lowest BCUT2D eigenvalue weighted by Crippen LogP contribution is -2.55. The van der Waals surface area contributed by atoms with Gasteiger partial charge in [0.15, 0.2) is 0 Å². The van der Waals surface area contributed by atoms with Crippen molar-refractivity contribution in [2.24, 2.45) is 5.92 Å². The van der Waals surface area contributed by atoms with Gasteiger partial charge in [0, 0.05) is 39.0 Å². The minimum absolute atomic E-state index is 0.171. The number of carbonyl (C=O) groups is 4. The number of carbonyl (C=O) groups excluding carboxylic acids is 4. The number of aryl methyl sites for hydroxylation is 2. The summed E-state index contributed by atoms with van der Waals surface area (Å²) in [5.41, 5.74) is 2.87. The number of piperidine rings is 1. The molecule has 0 spiro atoms. The maximum atomic E-state index is 13.4. The number of nitrogens with zero attached hydrogens (tertiary/aromatic N) is 2. The Morgan fingerprint density at radius 2 is 2.02 bits per heavy atom. The first-order valence-corrected chi connectivity index (χ1v) is 14.0. The lowest BCUT2D eigenvalue weighted by atomic mass is 9.94. The summed E-state index contributed by atoms with van der Waals surface area (Å²) in [4.78, 5) is 57.9. The van der Waals surface area contributed by atoms with Gasteiger partial charge < -0.3 is 25.6 Å². The van der Waals surface area contributed by atoms with E-state index in [0.29, 0.717) is 38.5 Å². The Balaban J connectivity index is 1.59. The van der Waals surface area contributed by atoms with Crippen LogP contribution >= 0.6 is 0 Å². The second-order valence-electron chi connectivity index (χ2n) is 10.7. The Hall–Kier alpha value is -3.95. The van der Waals surface area contributed by atoms with E-state index in [-0.39, 0.29) is 24.8 Å². The Labute approximate surface area is 235 Å². The van der Waals surface area contributed by atoms with Gasteiger partial charge >= 0.3 is 0 Å². The van der Waals surface area contributed by atoms with Crippen LogP contribution in [0.5, 0.6) is 5.75 Å². The Kier molecular flexibility index (Phi) is 10.1. The number of rotatable bonds is 4. The molecule has 0 saturated carbocycles. The van der Waals surface area contributed by atoms with E-state index in [1.54, 1.807) is 17.3 Å². The lowest BCUT2D eigenvalue weighted by molar-refractivity contribution is -0.138. The van der Waals surface area contributed by atoms with Gasteiger partial charge in [0.1, 0.15) is 17.8 Å². The Morgan fingerprint density at radius 3 is 2.80 bits per heavy atom. The summed E-state index contributed by atoms with van der Waals surface area (Å²) in [6.07, 6.45) is 6.74. The van der Waals surface area contributed by atoms with E-state index < -0.39 is 23.9 Å². The number of benzene rings is 1. The third-order valence-electron chi connectivity index (χ3n) is 7.59. The summed E-state index contributed by atoms with van der Waals surface area (Å²) >= 11 is 0. The zero-order chi connectivity index (χ0) is 28.5. The molecule has 10 nitrogen and oxygen atoms in total. The van der Waals surface area contributed by atoms with Crippen LogP contribution in [0.3, 0.4) is 0 Å². The molecule has 0 radical (unpaired) electrons. The van der Waals surface area contributed by atoms with E-state index in [2.05, 4.69) is 20.9 Å². The molecule has 3 N–H and O–H groups in total. The molecule has 4 rings (SSSR count). The van der Waals surface area contributed by atoms with Crippen LogP contribution in [-0.2, 0) is 32.1 Å². The van der Waals surface area contributed by atoms with Crippen LogP contribution in [0.15, 0.2) is 42.7 Å². The predicted octanol–water partition coefficient (Wildman–Crippen LogP) is 2.04. The molecule has 0 aliphatic carbocycles. The van der Waals surface area contributed by atoms with Crippen LogP contribution in [0, 0.1) is 12.8 Å². The van der Waals surface area contributed by atoms with Crippen molar-refractivity contribution in [3.8, 4) is 5.75 Å². The standard InChI is InChI=1S/C30H39N5O5/c1-20-7-9-25-15-24(20)18-32-29(38)26(10-8-22-5-3-12-31-17-22)34-30(39)27(33-21(2)36)16-28(37)35-13-4-6-23(19-35)11-14-40-25/h3,5,7,9,12,15,17,23,26-27H,4,6,8,10-11,13-14,16,18-19H2,1-2H3,(H,32,38)(H,33,36)(H,34,39)/t23?,26?,27-/m0/s1. The molecule has 2 aromatic rings. The molecule has 2 aliphatic heterocycles. The molecule has 1 fully saturated rings. The Bertz CT molecular complexity index is 1200. The number of fused-ring (bicyclic) bond motifs is 4. The summed E-state index contributed by atoms with van der Waals surface area (Å²) in [6, 6.07) is 7.60. The van der Waals surface area contributed by atoms with E-state index in [0.717, 1.165) is 41.7 Å². The third-order valence-corrected chi connectivity index (χ3v) is 7.59. The van der Waals surface area contributed by atoms with Crippen LogP contribution < -0.4 is 20.7 Å². The molecule has 4 bridgehead atoms. The smallest absolute Gasteiger partial charge is 0.243 e. The van der Waals surface area contributed by atoms with Gasteiger partial charge in [0.2, 0.25) is 23.6 Å². The Morgan fingerprint density at radius 1 is 1.18 bits per heavy atom. The van der Waals surface area contributed by atoms with Gasteiger partial charge in [-0.25, -0.2) is 0 Å². The minimum Gasteiger partial charge on any atom is -0.494 e. The van der Waals surface area contributed by atoms with Crippen molar-refractivity contribution in [3.63, 3.8) is 0 Å². The second-order valence-corrected chi connectivity index (χ2v) is 10.7. The number of aromatic nitrogens is 1. The quantitative estimate of drug-likeness (QED) is 0.535. The lowest BCUT2D eigenvalue weighted by Gasteiger charge is -2.34. The monoisotopic (exact) mass is 549 g/mol. The molecule has 4 amide bonds. The summed E-state index contributed by atoms with van der Waals surface area (Å²) in [5.74, 6) is -0.493. The average molecular weight is 550 g/mol. The van der Waals surface area contributed by atoms with E-state index in [9.17, 15) is 19.2 Å². The summed E-state index contributed by atoms with van der Waals surface area (Å²) in [6.45, 7) is 5.28. The molecular formula is C30H39N5O5. The molecular weight excluding hydrogens is 510 g/mol. The van der Waals surface area contributed by atoms with E-state index in [1.165, 1.54) is 6.92 Å². The number of nitrogens with one attached hydrogen (secondary N) is 3. The molecule has 1 aromatic carbocycles. The molecule has 10 heteroatoms. The number of ether oxygens (including phenoxy) is 1. The summed E-state index contributed by atoms with van der Waals surface area (Å²) < 4.78 is 6.05. The van der Waals surface area contributed by atoms with E-state index >= 15 is 0 Å². The highest BCUT2D eigenvalue weighted by Gasteiger charge is 2.31. The third kappa shape index (κ3) is 8.27. The molecule has 3 atom stereocenters. The number of amides is 4. The van der Waals surface area contributed by atoms with Crippen LogP contribution in [0.25, 0.3) is 0 Å². The van der Waals surface area contributed by atoms with Crippen molar-refractivity contribution in [3.05, 3.63) is 59.4 Å². The molecule has 2 aliphatic rings. The fourth-order valence-electron chi connectivity index (χ4n) is 5.26. The first-order chi connectivity index (χ1) is 19.3. The van der Waals surface area contributed by atoms with Gasteiger partial charge in [-0.1, -0.05) is 12.1 Å². The molecule has 1 saturated heterocycles. The minimum atomic E-state index is -1.08. The normalized spacial score (nSPS) is 22.7. The van der Waals surface area contributed by atoms with Crippen molar-refractivity contribution in [1.29, 1.82) is 0 Å². The first kappa shape index (κ1) is 29.0. The van der Waals surface area contributed by atoms with Crippen LogP contribution in [-0.4, -0.2) is 65.3 Å². The van der Waals surface area contributed by atoms with E-state index in [4.69, 9.17) is 4.74 Å². The fourth-order valence-corrected chi connectivity index (χ4v) is 5.26. The van der Waals surface area contributed by atoms with Crippen molar-refractivity contribution < 1.29 is 23.9 Å². The molecule has 40 heavy (non-hydrogen) atoms. The fraction of sp³-hybridized carbons (Fsp3) is 0.500. The van der Waals surface area contributed by atoms with Crippen LogP contribution in [0.1, 0.15) is 55.7 Å². The van der Waals surface area contributed by atoms with Crippen LogP contribution in [0.4, 0.5) is 0 Å². The van der Waals surface area contributed by atoms with E-state index in [1.807, 2.05) is 37.3 Å². The topological polar surface area (TPSA) is 130 Å². The number of pyridine rings is 1. The molecule has 3 heterocycles. The second kappa shape index (κ2) is 13.9. The highest BCUT2D eigenvalue weighted by Crippen LogP contribution is 2.23. The van der Waals surface area contributed by atoms with Crippen molar-refractivity contribution in [2.75, 3.05) is 19.7 Å². The van der Waals surface area contributed by atoms with Gasteiger partial charge in [-0.3, -0.25) is 24.2 Å². The molecule has 214 valence electrons. The zero-order valence-corrected chi connectivity index (χ0v) is 23.3. The first-order valence-electron chi connectivity index (χ1n) is 14.0. The average Bonchev–Trinajstić information content (AvgIpc) is 2.94. The SMILES string of the molecule is CC(=O)N[C@H]1CC(=O)N2CCCC(CCOc3ccc(C)c(c3)CNC(=O)C(CCc3cccnc3)NC1=O)C2. The maximum Gasteiger partial charge on any atom is 0.243 e. The summed E-state index contributed by atoms with van der Waals surface area (Å²) in [5, 5.41) is 8.38. The molecule has 1 aromatic heterocycles. The number of hydrogen-bond donors (Lipinski definition) is 3.